The molecule has 1 amide bonds. The van der Waals surface area contributed by atoms with E-state index in [1.54, 1.807) is 4.90 Å². The van der Waals surface area contributed by atoms with Crippen LogP contribution >= 0.6 is 0 Å². The number of hydrogen-bond acceptors (Lipinski definition) is 4. The minimum atomic E-state index is -0.733. The molecular weight excluding hydrogens is 272 g/mol. The van der Waals surface area contributed by atoms with E-state index in [4.69, 9.17) is 0 Å². The monoisotopic (exact) mass is 294 g/mol. The molecular formula is C15H22N2O4. The van der Waals surface area contributed by atoms with Crippen molar-refractivity contribution in [2.45, 2.75) is 32.3 Å². The fourth-order valence-corrected chi connectivity index (χ4v) is 2.98. The molecule has 2 heterocycles. The third-order valence-corrected chi connectivity index (χ3v) is 4.36. The number of piperidine rings is 1. The van der Waals surface area contributed by atoms with Crippen LogP contribution in [0.3, 0.4) is 0 Å². The number of likely N-dealkylation sites (tertiary alicyclic amines) is 1. The summed E-state index contributed by atoms with van der Waals surface area (Å²) in [5, 5.41) is 20.0. The van der Waals surface area contributed by atoms with E-state index in [-0.39, 0.29) is 24.6 Å². The lowest BCUT2D eigenvalue weighted by molar-refractivity contribution is -0.0713. The van der Waals surface area contributed by atoms with Gasteiger partial charge in [-0.3, -0.25) is 9.59 Å². The second kappa shape index (κ2) is 6.41. The Balaban J connectivity index is 2.09. The van der Waals surface area contributed by atoms with Crippen molar-refractivity contribution in [3.8, 4) is 0 Å². The van der Waals surface area contributed by atoms with E-state index < -0.39 is 11.5 Å². The molecule has 6 nitrogen and oxygen atoms in total. The van der Waals surface area contributed by atoms with Crippen LogP contribution in [0.1, 0.15) is 36.5 Å². The first-order valence-electron chi connectivity index (χ1n) is 7.29. The molecule has 0 aliphatic carbocycles. The largest absolute Gasteiger partial charge is 0.396 e. The van der Waals surface area contributed by atoms with Gasteiger partial charge in [0.2, 0.25) is 5.56 Å². The number of H-pyrrole nitrogens is 1. The van der Waals surface area contributed by atoms with Gasteiger partial charge in [-0.2, -0.15) is 0 Å². The molecule has 1 fully saturated rings. The number of hydrogen-bond donors (Lipinski definition) is 3. The lowest BCUT2D eigenvalue weighted by Gasteiger charge is -2.44. The fraction of sp³-hybridized carbons (Fsp3) is 0.600. The van der Waals surface area contributed by atoms with Gasteiger partial charge in [0.05, 0.1) is 18.3 Å². The van der Waals surface area contributed by atoms with Crippen LogP contribution in [0, 0.1) is 5.41 Å². The molecule has 2 rings (SSSR count). The molecule has 0 aromatic carbocycles. The molecule has 0 spiro atoms. The number of pyridine rings is 1. The quantitative estimate of drug-likeness (QED) is 0.747. The molecule has 0 bridgehead atoms. The van der Waals surface area contributed by atoms with E-state index in [1.165, 1.54) is 18.3 Å². The Morgan fingerprint density at radius 2 is 2.29 bits per heavy atom. The first kappa shape index (κ1) is 15.7. The average Bonchev–Trinajstić information content (AvgIpc) is 2.49. The second-order valence-corrected chi connectivity index (χ2v) is 5.73. The Labute approximate surface area is 123 Å². The predicted molar refractivity (Wildman–Crippen MR) is 78.0 cm³/mol. The Morgan fingerprint density at radius 1 is 1.52 bits per heavy atom. The second-order valence-electron chi connectivity index (χ2n) is 5.73. The number of nitrogens with one attached hydrogen (secondary N) is 1. The zero-order valence-corrected chi connectivity index (χ0v) is 12.2. The van der Waals surface area contributed by atoms with Crippen LogP contribution in [-0.2, 0) is 0 Å². The molecule has 1 aromatic heterocycles. The van der Waals surface area contributed by atoms with E-state index in [0.717, 1.165) is 12.8 Å². The summed E-state index contributed by atoms with van der Waals surface area (Å²) in [5.41, 5.74) is -0.363. The first-order chi connectivity index (χ1) is 10.0. The van der Waals surface area contributed by atoms with Crippen LogP contribution in [0.4, 0.5) is 0 Å². The molecule has 0 saturated carbocycles. The van der Waals surface area contributed by atoms with Crippen molar-refractivity contribution in [1.82, 2.24) is 9.88 Å². The molecule has 2 atom stereocenters. The number of rotatable bonds is 4. The third-order valence-electron chi connectivity index (χ3n) is 4.36. The summed E-state index contributed by atoms with van der Waals surface area (Å²) >= 11 is 0. The Hall–Kier alpha value is -1.66. The van der Waals surface area contributed by atoms with Gasteiger partial charge in [0.25, 0.3) is 5.91 Å². The van der Waals surface area contributed by atoms with Crippen molar-refractivity contribution in [3.05, 3.63) is 34.2 Å². The number of carbonyl (C=O) groups excluding carboxylic acids is 1. The average molecular weight is 294 g/mol. The summed E-state index contributed by atoms with van der Waals surface area (Å²) in [6, 6.07) is 2.79. The van der Waals surface area contributed by atoms with E-state index in [0.29, 0.717) is 18.5 Å². The highest BCUT2D eigenvalue weighted by molar-refractivity contribution is 5.93. The number of aromatic nitrogens is 1. The maximum Gasteiger partial charge on any atom is 0.255 e. The van der Waals surface area contributed by atoms with Crippen LogP contribution < -0.4 is 5.56 Å². The Morgan fingerprint density at radius 3 is 2.81 bits per heavy atom. The van der Waals surface area contributed by atoms with E-state index in [1.807, 2.05) is 6.92 Å². The van der Waals surface area contributed by atoms with Gasteiger partial charge in [-0.1, -0.05) is 13.3 Å². The minimum absolute atomic E-state index is 0.0668. The van der Waals surface area contributed by atoms with Gasteiger partial charge < -0.3 is 20.1 Å². The molecule has 3 N–H and O–H groups in total. The standard InChI is InChI=1S/C15H22N2O4/c1-2-5-15(10-18)6-7-17(9-12(15)19)14(21)11-3-4-13(20)16-8-11/h3-4,8,12,18-19H,2,5-7,9-10H2,1H3,(H,16,20)/t12-,15-/m1/s1. The summed E-state index contributed by atoms with van der Waals surface area (Å²) in [4.78, 5) is 27.4. The normalized spacial score (nSPS) is 25.9. The van der Waals surface area contributed by atoms with Crippen LogP contribution in [0.25, 0.3) is 0 Å². The third kappa shape index (κ3) is 3.16. The summed E-state index contributed by atoms with van der Waals surface area (Å²) in [7, 11) is 0. The Bertz CT molecular complexity index is 536. The minimum Gasteiger partial charge on any atom is -0.396 e. The number of amides is 1. The molecule has 0 unspecified atom stereocenters. The van der Waals surface area contributed by atoms with Crippen molar-refractivity contribution in [2.24, 2.45) is 5.41 Å². The molecule has 6 heteroatoms. The molecule has 1 aliphatic heterocycles. The summed E-state index contributed by atoms with van der Waals surface area (Å²) in [5.74, 6) is -0.215. The maximum atomic E-state index is 12.3. The van der Waals surface area contributed by atoms with Crippen LogP contribution in [0.5, 0.6) is 0 Å². The lowest BCUT2D eigenvalue weighted by Crippen LogP contribution is -2.54. The van der Waals surface area contributed by atoms with Crippen molar-refractivity contribution < 1.29 is 15.0 Å². The summed E-state index contributed by atoms with van der Waals surface area (Å²) in [6.07, 6.45) is 2.85. The molecule has 0 radical (unpaired) electrons. The number of aromatic amines is 1. The highest BCUT2D eigenvalue weighted by atomic mass is 16.3. The predicted octanol–water partition coefficient (Wildman–Crippen LogP) is 0.360. The van der Waals surface area contributed by atoms with Gasteiger partial charge in [0.1, 0.15) is 0 Å². The van der Waals surface area contributed by atoms with Crippen LogP contribution in [0.2, 0.25) is 0 Å². The lowest BCUT2D eigenvalue weighted by atomic mass is 9.73. The van der Waals surface area contributed by atoms with Gasteiger partial charge in [-0.25, -0.2) is 0 Å². The highest BCUT2D eigenvalue weighted by Crippen LogP contribution is 2.36. The number of β-amino-alcohol motifs (C(OH)–C–C–N with tert-alkyl or cyclic N) is 1. The van der Waals surface area contributed by atoms with Crippen LogP contribution in [0.15, 0.2) is 23.1 Å². The summed E-state index contributed by atoms with van der Waals surface area (Å²) < 4.78 is 0. The van der Waals surface area contributed by atoms with Crippen molar-refractivity contribution >= 4 is 5.91 Å². The smallest absolute Gasteiger partial charge is 0.255 e. The van der Waals surface area contributed by atoms with E-state index in [2.05, 4.69) is 4.98 Å². The van der Waals surface area contributed by atoms with Crippen molar-refractivity contribution in [1.29, 1.82) is 0 Å². The fourth-order valence-electron chi connectivity index (χ4n) is 2.98. The maximum absolute atomic E-state index is 12.3. The topological polar surface area (TPSA) is 93.6 Å². The molecule has 116 valence electrons. The molecule has 21 heavy (non-hydrogen) atoms. The van der Waals surface area contributed by atoms with Crippen LogP contribution in [-0.4, -0.2) is 51.8 Å². The number of carbonyl (C=O) groups is 1. The van der Waals surface area contributed by atoms with Gasteiger partial charge in [0, 0.05) is 30.8 Å². The molecule has 1 aromatic rings. The van der Waals surface area contributed by atoms with Gasteiger partial charge >= 0.3 is 0 Å². The van der Waals surface area contributed by atoms with E-state index >= 15 is 0 Å². The zero-order valence-electron chi connectivity index (χ0n) is 12.2. The summed E-state index contributed by atoms with van der Waals surface area (Å²) in [6.45, 7) is 2.65. The Kier molecular flexibility index (Phi) is 4.80. The van der Waals surface area contributed by atoms with Gasteiger partial charge in [0.15, 0.2) is 0 Å². The van der Waals surface area contributed by atoms with Crippen molar-refractivity contribution in [3.63, 3.8) is 0 Å². The number of aliphatic hydroxyl groups excluding tert-OH is 2. The molecule has 1 aliphatic rings. The molecule has 1 saturated heterocycles. The van der Waals surface area contributed by atoms with E-state index in [9.17, 15) is 19.8 Å². The first-order valence-corrected chi connectivity index (χ1v) is 7.29. The van der Waals surface area contributed by atoms with Crippen molar-refractivity contribution in [2.75, 3.05) is 19.7 Å². The highest BCUT2D eigenvalue weighted by Gasteiger charge is 2.42. The number of nitrogens with zero attached hydrogens (tertiary/aromatic N) is 1. The van der Waals surface area contributed by atoms with Gasteiger partial charge in [-0.05, 0) is 18.9 Å². The SMILES string of the molecule is CCC[C@]1(CO)CCN(C(=O)c2ccc(=O)[nH]c2)C[C@H]1O. The van der Waals surface area contributed by atoms with Gasteiger partial charge in [-0.15, -0.1) is 0 Å². The zero-order chi connectivity index (χ0) is 15.5. The number of aliphatic hydroxyl groups is 2.